The predicted molar refractivity (Wildman–Crippen MR) is 144 cm³/mol. The van der Waals surface area contributed by atoms with Gasteiger partial charge in [-0.05, 0) is 65.1 Å². The van der Waals surface area contributed by atoms with Gasteiger partial charge in [0.25, 0.3) is 0 Å². The Kier molecular flexibility index (Phi) is 6.67. The highest BCUT2D eigenvalue weighted by Crippen LogP contribution is 2.65. The number of Topliss-reactive ketones (excluding diaryl/α,β-unsaturated/α-hetero) is 1. The summed E-state index contributed by atoms with van der Waals surface area (Å²) in [6.07, 6.45) is 5.25. The van der Waals surface area contributed by atoms with Crippen molar-refractivity contribution < 1.29 is 9.59 Å². The topological polar surface area (TPSA) is 46.2 Å². The lowest BCUT2D eigenvalue weighted by Crippen LogP contribution is -2.17. The van der Waals surface area contributed by atoms with Crippen LogP contribution in [0.2, 0.25) is 15.1 Å². The predicted octanol–water partition coefficient (Wildman–Crippen LogP) is 8.17. The fourth-order valence-corrected chi connectivity index (χ4v) is 6.16. The molecule has 0 radical (unpaired) electrons. The molecule has 0 aromatic heterocycles. The number of carbonyl (C=O) groups excluding carboxylic acids is 2. The molecule has 2 atom stereocenters. The van der Waals surface area contributed by atoms with Gasteiger partial charge in [-0.1, -0.05) is 65.2 Å². The van der Waals surface area contributed by atoms with Crippen LogP contribution in [0.1, 0.15) is 38.5 Å². The molecule has 1 amide bonds. The summed E-state index contributed by atoms with van der Waals surface area (Å²) < 4.78 is -1.30. The van der Waals surface area contributed by atoms with E-state index >= 15 is 0 Å². The van der Waals surface area contributed by atoms with E-state index < -0.39 is 16.2 Å². The first kappa shape index (κ1) is 24.7. The third-order valence-electron chi connectivity index (χ3n) is 6.32. The van der Waals surface area contributed by atoms with Crippen molar-refractivity contribution >= 4 is 81.5 Å². The van der Waals surface area contributed by atoms with Gasteiger partial charge < -0.3 is 5.32 Å². The molecule has 0 bridgehead atoms. The van der Waals surface area contributed by atoms with Gasteiger partial charge in [0.05, 0.1) is 10.9 Å². The fraction of sp³-hybridized carbons (Fsp3) is 0.185. The molecular weight excluding hydrogens is 548 g/mol. The first-order chi connectivity index (χ1) is 16.6. The number of fused-ring (bicyclic) bond motifs is 1. The van der Waals surface area contributed by atoms with Crippen molar-refractivity contribution in [3.63, 3.8) is 0 Å². The number of amides is 1. The summed E-state index contributed by atoms with van der Waals surface area (Å²) >= 11 is 31.4. The number of benzene rings is 3. The van der Waals surface area contributed by atoms with Crippen molar-refractivity contribution in [2.45, 2.75) is 23.1 Å². The van der Waals surface area contributed by atoms with E-state index in [-0.39, 0.29) is 18.1 Å². The quantitative estimate of drug-likeness (QED) is 0.242. The minimum Gasteiger partial charge on any atom is -0.326 e. The second kappa shape index (κ2) is 9.46. The SMILES string of the molecule is O=C(Cc1ccc2c(c1)CC=C2)c1cc(NC(=O)C2C(c3cc(Cl)cc(Cl)c3)C2(Cl)Cl)ccc1Cl. The van der Waals surface area contributed by atoms with Crippen LogP contribution in [0.5, 0.6) is 0 Å². The van der Waals surface area contributed by atoms with Gasteiger partial charge in [0.15, 0.2) is 5.78 Å². The molecule has 5 rings (SSSR count). The molecule has 8 heteroatoms. The van der Waals surface area contributed by atoms with E-state index in [1.807, 2.05) is 18.2 Å². The summed E-state index contributed by atoms with van der Waals surface area (Å²) in [5, 5.41) is 4.00. The molecule has 1 saturated carbocycles. The van der Waals surface area contributed by atoms with Crippen molar-refractivity contribution in [2.75, 3.05) is 5.32 Å². The number of anilines is 1. The maximum absolute atomic E-state index is 13.0. The molecular formula is C27H18Cl5NO2. The lowest BCUT2D eigenvalue weighted by molar-refractivity contribution is -0.117. The molecule has 35 heavy (non-hydrogen) atoms. The fourth-order valence-electron chi connectivity index (χ4n) is 4.56. The highest BCUT2D eigenvalue weighted by atomic mass is 35.5. The molecule has 178 valence electrons. The first-order valence-electron chi connectivity index (χ1n) is 10.9. The van der Waals surface area contributed by atoms with Crippen LogP contribution in [0.4, 0.5) is 5.69 Å². The van der Waals surface area contributed by atoms with Crippen molar-refractivity contribution in [1.29, 1.82) is 0 Å². The minimum atomic E-state index is -1.30. The van der Waals surface area contributed by atoms with Gasteiger partial charge in [-0.3, -0.25) is 9.59 Å². The number of ketones is 1. The van der Waals surface area contributed by atoms with Gasteiger partial charge in [-0.15, -0.1) is 23.2 Å². The average Bonchev–Trinajstić information content (AvgIpc) is 3.11. The zero-order valence-electron chi connectivity index (χ0n) is 18.1. The van der Waals surface area contributed by atoms with Crippen molar-refractivity contribution in [1.82, 2.24) is 0 Å². The Morgan fingerprint density at radius 1 is 0.943 bits per heavy atom. The highest BCUT2D eigenvalue weighted by molar-refractivity contribution is 6.53. The van der Waals surface area contributed by atoms with Gasteiger partial charge in [0.1, 0.15) is 4.33 Å². The average molecular weight is 566 g/mol. The summed E-state index contributed by atoms with van der Waals surface area (Å²) in [6, 6.07) is 15.8. The maximum atomic E-state index is 13.0. The summed E-state index contributed by atoms with van der Waals surface area (Å²) in [4.78, 5) is 26.1. The third kappa shape index (κ3) is 4.98. The number of halogens is 5. The van der Waals surface area contributed by atoms with Gasteiger partial charge in [0, 0.05) is 33.6 Å². The number of hydrogen-bond donors (Lipinski definition) is 1. The second-order valence-corrected chi connectivity index (χ2v) is 11.5. The van der Waals surface area contributed by atoms with E-state index in [0.29, 0.717) is 31.9 Å². The molecule has 3 nitrogen and oxygen atoms in total. The Morgan fingerprint density at radius 3 is 2.43 bits per heavy atom. The van der Waals surface area contributed by atoms with Crippen LogP contribution in [-0.4, -0.2) is 16.0 Å². The van der Waals surface area contributed by atoms with Crippen molar-refractivity contribution in [2.24, 2.45) is 5.92 Å². The lowest BCUT2D eigenvalue weighted by Gasteiger charge is -2.10. The zero-order chi connectivity index (χ0) is 24.9. The Balaban J connectivity index is 1.31. The number of allylic oxidation sites excluding steroid dienone is 1. The molecule has 2 aliphatic carbocycles. The lowest BCUT2D eigenvalue weighted by atomic mass is 9.99. The van der Waals surface area contributed by atoms with Crippen LogP contribution >= 0.6 is 58.0 Å². The molecule has 0 heterocycles. The van der Waals surface area contributed by atoms with Crippen LogP contribution in [-0.2, 0) is 17.6 Å². The second-order valence-electron chi connectivity index (χ2n) is 8.76. The molecule has 3 aromatic rings. The third-order valence-corrected chi connectivity index (χ3v) is 8.03. The van der Waals surface area contributed by atoms with Gasteiger partial charge >= 0.3 is 0 Å². The summed E-state index contributed by atoms with van der Waals surface area (Å²) in [7, 11) is 0. The summed E-state index contributed by atoms with van der Waals surface area (Å²) in [6.45, 7) is 0. The molecule has 3 aromatic carbocycles. The summed E-state index contributed by atoms with van der Waals surface area (Å²) in [5.74, 6) is -1.69. The number of carbonyl (C=O) groups is 2. The maximum Gasteiger partial charge on any atom is 0.231 e. The number of nitrogens with one attached hydrogen (secondary N) is 1. The molecule has 2 aliphatic rings. The van der Waals surface area contributed by atoms with E-state index in [4.69, 9.17) is 58.0 Å². The normalized spacial score (nSPS) is 19.3. The van der Waals surface area contributed by atoms with Crippen LogP contribution < -0.4 is 5.32 Å². The Labute approximate surface area is 228 Å². The van der Waals surface area contributed by atoms with Gasteiger partial charge in [-0.2, -0.15) is 0 Å². The number of hydrogen-bond acceptors (Lipinski definition) is 2. The molecule has 0 aliphatic heterocycles. The molecule has 1 N–H and O–H groups in total. The molecule has 0 spiro atoms. The van der Waals surface area contributed by atoms with Crippen LogP contribution in [0.25, 0.3) is 6.08 Å². The number of rotatable bonds is 6. The zero-order valence-corrected chi connectivity index (χ0v) is 21.9. The Hall–Kier alpha value is -2.01. The molecule has 1 fully saturated rings. The standard InChI is InChI=1S/C27H18Cl5NO2/c28-18-10-17(11-19(29)12-18)24-25(27(24,31)32)26(35)33-20-6-7-22(30)21(13-20)23(34)9-14-4-5-15-2-1-3-16(15)8-14/h1-2,4-8,10-13,24-25H,3,9H2,(H,33,35). The molecule has 0 saturated heterocycles. The Bertz CT molecular complexity index is 1380. The Morgan fingerprint density at radius 2 is 1.69 bits per heavy atom. The minimum absolute atomic E-state index is 0.140. The monoisotopic (exact) mass is 563 g/mol. The summed E-state index contributed by atoms with van der Waals surface area (Å²) in [5.41, 5.74) is 4.74. The van der Waals surface area contributed by atoms with E-state index in [2.05, 4.69) is 17.5 Å². The van der Waals surface area contributed by atoms with E-state index in [1.165, 1.54) is 11.1 Å². The molecule has 2 unspecified atom stereocenters. The largest absolute Gasteiger partial charge is 0.326 e. The van der Waals surface area contributed by atoms with E-state index in [9.17, 15) is 9.59 Å². The van der Waals surface area contributed by atoms with Gasteiger partial charge in [-0.25, -0.2) is 0 Å². The van der Waals surface area contributed by atoms with E-state index in [1.54, 1.807) is 36.4 Å². The van der Waals surface area contributed by atoms with Crippen LogP contribution in [0, 0.1) is 5.92 Å². The highest BCUT2D eigenvalue weighted by Gasteiger charge is 2.67. The van der Waals surface area contributed by atoms with E-state index in [0.717, 1.165) is 12.0 Å². The first-order valence-corrected chi connectivity index (χ1v) is 12.8. The van der Waals surface area contributed by atoms with Crippen LogP contribution in [0.3, 0.4) is 0 Å². The smallest absolute Gasteiger partial charge is 0.231 e. The number of alkyl halides is 2. The van der Waals surface area contributed by atoms with Crippen LogP contribution in [0.15, 0.2) is 60.7 Å². The van der Waals surface area contributed by atoms with Crippen molar-refractivity contribution in [3.05, 3.63) is 104 Å². The van der Waals surface area contributed by atoms with Crippen molar-refractivity contribution in [3.8, 4) is 0 Å². The van der Waals surface area contributed by atoms with Gasteiger partial charge in [0.2, 0.25) is 5.91 Å².